The summed E-state index contributed by atoms with van der Waals surface area (Å²) >= 11 is 6.77. The number of alkyl halides is 1. The Morgan fingerprint density at radius 2 is 1.19 bits per heavy atom. The molecule has 216 valence electrons. The van der Waals surface area contributed by atoms with Gasteiger partial charge in [0, 0.05) is 38.0 Å². The molecule has 6 nitrogen and oxygen atoms in total. The van der Waals surface area contributed by atoms with Crippen molar-refractivity contribution >= 4 is 25.1 Å². The van der Waals surface area contributed by atoms with Crippen molar-refractivity contribution in [3.63, 3.8) is 0 Å². The van der Waals surface area contributed by atoms with E-state index in [0.29, 0.717) is 32.7 Å². The predicted molar refractivity (Wildman–Crippen MR) is 152 cm³/mol. The van der Waals surface area contributed by atoms with Crippen molar-refractivity contribution in [1.82, 2.24) is 0 Å². The van der Waals surface area contributed by atoms with Crippen LogP contribution >= 0.6 is 11.6 Å². The van der Waals surface area contributed by atoms with Crippen molar-refractivity contribution in [2.75, 3.05) is 33.0 Å². The highest BCUT2D eigenvalue weighted by Gasteiger charge is 2.68. The topological polar surface area (TPSA) is 63.2 Å². The predicted octanol–water partition coefficient (Wildman–Crippen LogP) is 7.44. The van der Waals surface area contributed by atoms with Gasteiger partial charge in [0.2, 0.25) is 0 Å². The maximum Gasteiger partial charge on any atom is 0.283 e. The number of halogens is 1. The zero-order chi connectivity index (χ0) is 27.7. The molecule has 0 aliphatic carbocycles. The van der Waals surface area contributed by atoms with Gasteiger partial charge in [0.1, 0.15) is 6.10 Å². The van der Waals surface area contributed by atoms with E-state index < -0.39 is 25.8 Å². The SMILES string of the molecule is CCCCCCCCCC(OCC)C(OCC)(OCC)C(OCC)(OCC)C(=O)[Si](C)(C)C(Cl)CC. The summed E-state index contributed by atoms with van der Waals surface area (Å²) in [7, 11) is -2.75. The molecule has 0 rings (SSSR count). The third-order valence-corrected chi connectivity index (χ3v) is 12.2. The molecule has 0 aromatic carbocycles. The van der Waals surface area contributed by atoms with Crippen LogP contribution in [0.4, 0.5) is 0 Å². The smallest absolute Gasteiger partial charge is 0.283 e. The molecule has 0 aliphatic heterocycles. The number of rotatable bonds is 24. The van der Waals surface area contributed by atoms with E-state index in [0.717, 1.165) is 12.8 Å². The van der Waals surface area contributed by atoms with Gasteiger partial charge in [-0.1, -0.05) is 71.9 Å². The Balaban J connectivity index is 6.59. The molecule has 0 fully saturated rings. The van der Waals surface area contributed by atoms with E-state index in [4.69, 9.17) is 35.3 Å². The zero-order valence-electron chi connectivity index (χ0n) is 24.9. The summed E-state index contributed by atoms with van der Waals surface area (Å²) in [5, 5.41) is -0.424. The van der Waals surface area contributed by atoms with Crippen LogP contribution in [0.15, 0.2) is 0 Å². The van der Waals surface area contributed by atoms with Gasteiger partial charge in [-0.25, -0.2) is 0 Å². The summed E-state index contributed by atoms with van der Waals surface area (Å²) < 4.78 is 32.0. The van der Waals surface area contributed by atoms with Gasteiger partial charge < -0.3 is 23.7 Å². The van der Waals surface area contributed by atoms with E-state index in [-0.39, 0.29) is 23.6 Å². The molecule has 0 bridgehead atoms. The van der Waals surface area contributed by atoms with Crippen molar-refractivity contribution in [2.45, 2.75) is 142 Å². The van der Waals surface area contributed by atoms with Crippen LogP contribution in [0.2, 0.25) is 13.1 Å². The van der Waals surface area contributed by atoms with Gasteiger partial charge in [-0.2, -0.15) is 0 Å². The normalized spacial score (nSPS) is 14.7. The average Bonchev–Trinajstić information content (AvgIpc) is 2.86. The van der Waals surface area contributed by atoms with E-state index >= 15 is 0 Å². The van der Waals surface area contributed by atoms with Crippen LogP contribution in [0, 0.1) is 0 Å². The molecule has 36 heavy (non-hydrogen) atoms. The van der Waals surface area contributed by atoms with E-state index in [1.807, 2.05) is 54.6 Å². The van der Waals surface area contributed by atoms with Crippen LogP contribution in [0.3, 0.4) is 0 Å². The molecule has 0 amide bonds. The Morgan fingerprint density at radius 3 is 1.61 bits per heavy atom. The molecule has 2 atom stereocenters. The van der Waals surface area contributed by atoms with Crippen molar-refractivity contribution in [1.29, 1.82) is 0 Å². The molecular formula is C28H57ClO6Si. The maximum absolute atomic E-state index is 14.6. The minimum atomic E-state index is -2.75. The molecule has 0 heterocycles. The van der Waals surface area contributed by atoms with Crippen LogP contribution in [0.1, 0.15) is 106 Å². The molecule has 0 saturated heterocycles. The fourth-order valence-corrected chi connectivity index (χ4v) is 7.71. The standard InChI is InChI=1S/C28H57ClO6Si/c1-10-17-18-19-20-21-22-23-24(31-12-3)27(32-13-4,33-14-5)28(34-15-6,35-16-7)26(30)36(8,9)25(29)11-2/h24-25H,10-23H2,1-9H3. The average molecular weight is 553 g/mol. The van der Waals surface area contributed by atoms with Crippen LogP contribution < -0.4 is 0 Å². The van der Waals surface area contributed by atoms with E-state index in [9.17, 15) is 4.79 Å². The number of unbranched alkanes of at least 4 members (excludes halogenated alkanes) is 6. The highest BCUT2D eigenvalue weighted by atomic mass is 35.5. The first kappa shape index (κ1) is 36.0. The zero-order valence-corrected chi connectivity index (χ0v) is 26.6. The summed E-state index contributed by atoms with van der Waals surface area (Å²) in [6, 6.07) is 0. The monoisotopic (exact) mass is 552 g/mol. The largest absolute Gasteiger partial charge is 0.373 e. The van der Waals surface area contributed by atoms with Crippen molar-refractivity contribution in [3.05, 3.63) is 0 Å². The first-order valence-corrected chi connectivity index (χ1v) is 18.0. The fourth-order valence-electron chi connectivity index (χ4n) is 4.94. The molecule has 0 aliphatic rings. The van der Waals surface area contributed by atoms with Gasteiger partial charge in [0.05, 0.1) is 0 Å². The minimum Gasteiger partial charge on any atom is -0.373 e. The summed E-state index contributed by atoms with van der Waals surface area (Å²) in [5.74, 6) is -3.33. The number of hydrogen-bond acceptors (Lipinski definition) is 6. The number of carbonyl (C=O) groups is 1. The summed E-state index contributed by atoms with van der Waals surface area (Å²) in [6.45, 7) is 19.3. The van der Waals surface area contributed by atoms with Crippen LogP contribution in [-0.2, 0) is 28.5 Å². The van der Waals surface area contributed by atoms with Crippen LogP contribution in [0.25, 0.3) is 0 Å². The Bertz CT molecular complexity index is 562. The highest BCUT2D eigenvalue weighted by Crippen LogP contribution is 2.43. The Kier molecular flexibility index (Phi) is 19.1. The van der Waals surface area contributed by atoms with E-state index in [1.165, 1.54) is 32.1 Å². The number of hydrogen-bond donors (Lipinski definition) is 0. The Labute approximate surface area is 228 Å². The molecule has 0 radical (unpaired) electrons. The van der Waals surface area contributed by atoms with Gasteiger partial charge in [-0.05, 0) is 47.5 Å². The molecule has 8 heteroatoms. The molecule has 0 N–H and O–H groups in total. The second kappa shape index (κ2) is 19.1. The third-order valence-electron chi connectivity index (χ3n) is 6.76. The van der Waals surface area contributed by atoms with Crippen LogP contribution in [-0.4, -0.2) is 69.2 Å². The number of ether oxygens (including phenoxy) is 5. The lowest BCUT2D eigenvalue weighted by Gasteiger charge is -2.52. The summed E-state index contributed by atoms with van der Waals surface area (Å²) in [4.78, 5) is 14.6. The highest BCUT2D eigenvalue weighted by molar-refractivity contribution is 7.09. The van der Waals surface area contributed by atoms with Gasteiger partial charge >= 0.3 is 0 Å². The molecule has 0 saturated carbocycles. The van der Waals surface area contributed by atoms with Gasteiger partial charge in [0.15, 0.2) is 13.5 Å². The van der Waals surface area contributed by atoms with Gasteiger partial charge in [0.25, 0.3) is 11.6 Å². The second-order valence-electron chi connectivity index (χ2n) is 9.80. The first-order chi connectivity index (χ1) is 17.1. The number of carbonyl (C=O) groups excluding carboxylic acids is 1. The van der Waals surface area contributed by atoms with E-state index in [1.54, 1.807) is 0 Å². The second-order valence-corrected chi connectivity index (χ2v) is 15.3. The van der Waals surface area contributed by atoms with Gasteiger partial charge in [-0.3, -0.25) is 4.79 Å². The Hall–Kier alpha value is -0.0231. The molecular weight excluding hydrogens is 496 g/mol. The lowest BCUT2D eigenvalue weighted by Crippen LogP contribution is -2.75. The summed E-state index contributed by atoms with van der Waals surface area (Å²) in [6.07, 6.45) is 9.07. The van der Waals surface area contributed by atoms with E-state index in [2.05, 4.69) is 6.92 Å². The summed E-state index contributed by atoms with van der Waals surface area (Å²) in [5.41, 5.74) is 0. The minimum absolute atomic E-state index is 0.147. The molecule has 2 unspecified atom stereocenters. The van der Waals surface area contributed by atoms with Crippen molar-refractivity contribution in [2.24, 2.45) is 0 Å². The van der Waals surface area contributed by atoms with Gasteiger partial charge in [-0.15, -0.1) is 11.6 Å². The van der Waals surface area contributed by atoms with Crippen molar-refractivity contribution in [3.8, 4) is 0 Å². The van der Waals surface area contributed by atoms with Crippen LogP contribution in [0.5, 0.6) is 0 Å². The lowest BCUT2D eigenvalue weighted by atomic mass is 9.93. The maximum atomic E-state index is 14.6. The lowest BCUT2D eigenvalue weighted by molar-refractivity contribution is -0.414. The van der Waals surface area contributed by atoms with Crippen molar-refractivity contribution < 1.29 is 28.5 Å². The molecule has 0 spiro atoms. The third kappa shape index (κ3) is 9.32. The quantitative estimate of drug-likeness (QED) is 0.0536. The Morgan fingerprint density at radius 1 is 0.722 bits per heavy atom. The fraction of sp³-hybridized carbons (Fsp3) is 0.964. The molecule has 0 aromatic heterocycles. The first-order valence-electron chi connectivity index (χ1n) is 14.5. The molecule has 0 aromatic rings.